The Bertz CT molecular complexity index is 336. The third-order valence-electron chi connectivity index (χ3n) is 4.43. The molecule has 0 heterocycles. The topological polar surface area (TPSA) is 69.6 Å². The zero-order chi connectivity index (χ0) is 15.2. The van der Waals surface area contributed by atoms with Crippen molar-refractivity contribution in [3.63, 3.8) is 0 Å². The Morgan fingerprint density at radius 3 is 2.35 bits per heavy atom. The van der Waals surface area contributed by atoms with Crippen molar-refractivity contribution in [1.29, 1.82) is 0 Å². The molecule has 0 radical (unpaired) electrons. The highest BCUT2D eigenvalue weighted by molar-refractivity contribution is 5.78. The molecule has 2 N–H and O–H groups in total. The van der Waals surface area contributed by atoms with E-state index in [0.29, 0.717) is 31.8 Å². The van der Waals surface area contributed by atoms with Gasteiger partial charge in [-0.3, -0.25) is 4.79 Å². The number of carboxylic acid groups (broad SMARTS) is 1. The molecule has 1 fully saturated rings. The number of aliphatic carboxylic acids is 1. The summed E-state index contributed by atoms with van der Waals surface area (Å²) in [6.45, 7) is 7.72. The third-order valence-corrected chi connectivity index (χ3v) is 4.43. The first-order chi connectivity index (χ1) is 9.45. The molecule has 5 nitrogen and oxygen atoms in total. The van der Waals surface area contributed by atoms with Crippen molar-refractivity contribution in [2.45, 2.75) is 52.9 Å². The van der Waals surface area contributed by atoms with E-state index in [2.05, 4.69) is 12.2 Å². The lowest BCUT2D eigenvalue weighted by Gasteiger charge is -2.36. The smallest absolute Gasteiger partial charge is 0.317 e. The normalized spacial score (nSPS) is 26.1. The Balaban J connectivity index is 2.59. The minimum atomic E-state index is -0.775. The van der Waals surface area contributed by atoms with Crippen LogP contribution in [0.25, 0.3) is 0 Å². The number of carbonyl (C=O) groups is 2. The Labute approximate surface area is 121 Å². The largest absolute Gasteiger partial charge is 0.481 e. The molecule has 0 aromatic heterocycles. The van der Waals surface area contributed by atoms with Crippen molar-refractivity contribution < 1.29 is 14.7 Å². The molecule has 1 rings (SSSR count). The maximum Gasteiger partial charge on any atom is 0.317 e. The van der Waals surface area contributed by atoms with Gasteiger partial charge in [-0.2, -0.15) is 0 Å². The molecule has 5 heteroatoms. The number of amides is 2. The van der Waals surface area contributed by atoms with Gasteiger partial charge in [0.2, 0.25) is 0 Å². The van der Waals surface area contributed by atoms with E-state index in [0.717, 1.165) is 19.3 Å². The number of rotatable bonds is 6. The molecule has 1 aliphatic rings. The first-order valence-electron chi connectivity index (χ1n) is 7.71. The average molecular weight is 284 g/mol. The maximum absolute atomic E-state index is 12.1. The molecular formula is C15H28N2O3. The molecule has 0 saturated heterocycles. The molecule has 0 unspecified atom stereocenters. The molecule has 0 bridgehead atoms. The second-order valence-corrected chi connectivity index (χ2v) is 6.01. The second-order valence-electron chi connectivity index (χ2n) is 6.01. The minimum absolute atomic E-state index is 0.145. The minimum Gasteiger partial charge on any atom is -0.481 e. The highest BCUT2D eigenvalue weighted by Crippen LogP contribution is 2.38. The van der Waals surface area contributed by atoms with Crippen LogP contribution in [0.15, 0.2) is 0 Å². The standard InChI is InChI=1S/C15H28N2O3/c1-4-10-17(5-2)14(20)16-11-15(13(18)19)8-6-12(3)7-9-15/h12H,4-11H2,1-3H3,(H,16,20)(H,18,19). The fourth-order valence-electron chi connectivity index (χ4n) is 2.81. The SMILES string of the molecule is CCCN(CC)C(=O)NCC1(C(=O)O)CCC(C)CC1. The molecule has 20 heavy (non-hydrogen) atoms. The first kappa shape index (κ1) is 16.8. The predicted octanol–water partition coefficient (Wildman–Crippen LogP) is 2.71. The van der Waals surface area contributed by atoms with Crippen molar-refractivity contribution in [3.05, 3.63) is 0 Å². The van der Waals surface area contributed by atoms with Crippen LogP contribution in [-0.4, -0.2) is 41.6 Å². The first-order valence-corrected chi connectivity index (χ1v) is 7.71. The molecule has 0 aliphatic heterocycles. The van der Waals surface area contributed by atoms with Gasteiger partial charge in [-0.15, -0.1) is 0 Å². The summed E-state index contributed by atoms with van der Waals surface area (Å²) >= 11 is 0. The Hall–Kier alpha value is -1.26. The molecule has 1 saturated carbocycles. The van der Waals surface area contributed by atoms with E-state index in [-0.39, 0.29) is 12.6 Å². The summed E-state index contributed by atoms with van der Waals surface area (Å²) in [6, 6.07) is -0.145. The van der Waals surface area contributed by atoms with Crippen LogP contribution < -0.4 is 5.32 Å². The van der Waals surface area contributed by atoms with Crippen LogP contribution in [0, 0.1) is 11.3 Å². The van der Waals surface area contributed by atoms with Crippen molar-refractivity contribution >= 4 is 12.0 Å². The number of hydrogen-bond donors (Lipinski definition) is 2. The zero-order valence-corrected chi connectivity index (χ0v) is 12.9. The molecule has 2 amide bonds. The fourth-order valence-corrected chi connectivity index (χ4v) is 2.81. The van der Waals surface area contributed by atoms with Gasteiger partial charge in [0.15, 0.2) is 0 Å². The highest BCUT2D eigenvalue weighted by atomic mass is 16.4. The van der Waals surface area contributed by atoms with E-state index in [4.69, 9.17) is 0 Å². The summed E-state index contributed by atoms with van der Waals surface area (Å²) in [6.07, 6.45) is 4.07. The van der Waals surface area contributed by atoms with Gasteiger partial charge in [-0.1, -0.05) is 13.8 Å². The van der Waals surface area contributed by atoms with Crippen molar-refractivity contribution in [3.8, 4) is 0 Å². The Morgan fingerprint density at radius 1 is 1.30 bits per heavy atom. The van der Waals surface area contributed by atoms with Crippen LogP contribution in [0.4, 0.5) is 4.79 Å². The lowest BCUT2D eigenvalue weighted by atomic mass is 9.71. The number of nitrogens with zero attached hydrogens (tertiary/aromatic N) is 1. The molecule has 1 aliphatic carbocycles. The van der Waals surface area contributed by atoms with Gasteiger partial charge in [0.1, 0.15) is 0 Å². The van der Waals surface area contributed by atoms with Crippen LogP contribution in [-0.2, 0) is 4.79 Å². The van der Waals surface area contributed by atoms with E-state index < -0.39 is 11.4 Å². The summed E-state index contributed by atoms with van der Waals surface area (Å²) in [7, 11) is 0. The van der Waals surface area contributed by atoms with Gasteiger partial charge in [-0.05, 0) is 44.9 Å². The highest BCUT2D eigenvalue weighted by Gasteiger charge is 2.41. The van der Waals surface area contributed by atoms with Crippen LogP contribution in [0.2, 0.25) is 0 Å². The summed E-state index contributed by atoms with van der Waals surface area (Å²) in [5.74, 6) is -0.186. The van der Waals surface area contributed by atoms with Crippen LogP contribution >= 0.6 is 0 Å². The zero-order valence-electron chi connectivity index (χ0n) is 12.9. The molecule has 0 atom stereocenters. The fraction of sp³-hybridized carbons (Fsp3) is 0.867. The molecule has 0 aromatic rings. The van der Waals surface area contributed by atoms with Crippen LogP contribution in [0.5, 0.6) is 0 Å². The Kier molecular flexibility index (Phi) is 6.30. The molecule has 0 spiro atoms. The Morgan fingerprint density at radius 2 is 1.90 bits per heavy atom. The average Bonchev–Trinajstić information content (AvgIpc) is 2.44. The van der Waals surface area contributed by atoms with E-state index in [1.54, 1.807) is 4.90 Å². The molecule has 116 valence electrons. The van der Waals surface area contributed by atoms with Gasteiger partial charge >= 0.3 is 12.0 Å². The second kappa shape index (κ2) is 7.50. The van der Waals surface area contributed by atoms with Gasteiger partial charge in [-0.25, -0.2) is 4.79 Å². The molecule has 0 aromatic carbocycles. The van der Waals surface area contributed by atoms with Crippen LogP contribution in [0.1, 0.15) is 52.9 Å². The van der Waals surface area contributed by atoms with Gasteiger partial charge in [0.05, 0.1) is 5.41 Å². The quantitative estimate of drug-likeness (QED) is 0.788. The van der Waals surface area contributed by atoms with E-state index in [9.17, 15) is 14.7 Å². The van der Waals surface area contributed by atoms with Crippen molar-refractivity contribution in [1.82, 2.24) is 10.2 Å². The maximum atomic E-state index is 12.1. The number of nitrogens with one attached hydrogen (secondary N) is 1. The van der Waals surface area contributed by atoms with Gasteiger partial charge in [0.25, 0.3) is 0 Å². The summed E-state index contributed by atoms with van der Waals surface area (Å²) in [5, 5.41) is 12.4. The van der Waals surface area contributed by atoms with Gasteiger partial charge in [0, 0.05) is 19.6 Å². The van der Waals surface area contributed by atoms with E-state index in [1.807, 2.05) is 13.8 Å². The number of carboxylic acids is 1. The number of urea groups is 1. The summed E-state index contributed by atoms with van der Waals surface area (Å²) < 4.78 is 0. The monoisotopic (exact) mass is 284 g/mol. The lowest BCUT2D eigenvalue weighted by Crippen LogP contribution is -2.49. The third kappa shape index (κ3) is 4.12. The predicted molar refractivity (Wildman–Crippen MR) is 78.6 cm³/mol. The van der Waals surface area contributed by atoms with E-state index >= 15 is 0 Å². The molecular weight excluding hydrogens is 256 g/mol. The van der Waals surface area contributed by atoms with Crippen LogP contribution in [0.3, 0.4) is 0 Å². The van der Waals surface area contributed by atoms with Crippen molar-refractivity contribution in [2.75, 3.05) is 19.6 Å². The van der Waals surface area contributed by atoms with Crippen molar-refractivity contribution in [2.24, 2.45) is 11.3 Å². The lowest BCUT2D eigenvalue weighted by molar-refractivity contribution is -0.151. The number of hydrogen-bond acceptors (Lipinski definition) is 2. The summed E-state index contributed by atoms with van der Waals surface area (Å²) in [4.78, 5) is 25.4. The van der Waals surface area contributed by atoms with E-state index in [1.165, 1.54) is 0 Å². The number of carbonyl (C=O) groups excluding carboxylic acids is 1. The summed E-state index contributed by atoms with van der Waals surface area (Å²) in [5.41, 5.74) is -0.770. The van der Waals surface area contributed by atoms with Gasteiger partial charge < -0.3 is 15.3 Å².